The fraction of sp³-hybridized carbons (Fsp3) is 0.238. The van der Waals surface area contributed by atoms with Crippen LogP contribution in [0.5, 0.6) is 5.75 Å². The van der Waals surface area contributed by atoms with Gasteiger partial charge in [0.1, 0.15) is 5.75 Å². The molecule has 0 spiro atoms. The van der Waals surface area contributed by atoms with Crippen LogP contribution in [0.4, 0.5) is 0 Å². The second kappa shape index (κ2) is 8.48. The van der Waals surface area contributed by atoms with Gasteiger partial charge < -0.3 is 13.7 Å². The quantitative estimate of drug-likeness (QED) is 0.385. The third kappa shape index (κ3) is 4.48. The lowest BCUT2D eigenvalue weighted by atomic mass is 10.0. The zero-order valence-electron chi connectivity index (χ0n) is 16.3. The van der Waals surface area contributed by atoms with E-state index in [2.05, 4.69) is 46.3 Å². The average Bonchev–Trinajstić information content (AvgIpc) is 3.42. The number of aromatic nitrogens is 4. The van der Waals surface area contributed by atoms with Gasteiger partial charge in [-0.15, -0.1) is 10.2 Å². The maximum absolute atomic E-state index is 5.70. The van der Waals surface area contributed by atoms with Crippen molar-refractivity contribution < 1.29 is 13.7 Å². The normalized spacial score (nSPS) is 11.2. The highest BCUT2D eigenvalue weighted by atomic mass is 32.2. The number of hydrogen-bond donors (Lipinski definition) is 0. The summed E-state index contributed by atoms with van der Waals surface area (Å²) in [6.07, 6.45) is 0. The maximum atomic E-state index is 5.70. The topological polar surface area (TPSA) is 87.1 Å². The van der Waals surface area contributed by atoms with Crippen molar-refractivity contribution in [3.63, 3.8) is 0 Å². The van der Waals surface area contributed by atoms with Gasteiger partial charge in [-0.2, -0.15) is 4.98 Å². The first-order chi connectivity index (χ1) is 14.1. The van der Waals surface area contributed by atoms with Gasteiger partial charge in [0, 0.05) is 11.1 Å². The average molecular weight is 408 g/mol. The molecule has 0 N–H and O–H groups in total. The summed E-state index contributed by atoms with van der Waals surface area (Å²) in [5, 5.41) is 12.7. The molecule has 0 radical (unpaired) electrons. The number of rotatable bonds is 7. The first kappa shape index (κ1) is 19.2. The highest BCUT2D eigenvalue weighted by Gasteiger charge is 2.13. The lowest BCUT2D eigenvalue weighted by Crippen LogP contribution is -1.88. The number of thioether (sulfide) groups is 1. The van der Waals surface area contributed by atoms with Gasteiger partial charge >= 0.3 is 0 Å². The first-order valence-electron chi connectivity index (χ1n) is 9.16. The minimum Gasteiger partial charge on any atom is -0.497 e. The van der Waals surface area contributed by atoms with Crippen LogP contribution in [0.25, 0.3) is 22.8 Å². The minimum atomic E-state index is 0.442. The zero-order chi connectivity index (χ0) is 20.2. The van der Waals surface area contributed by atoms with Crippen molar-refractivity contribution in [1.82, 2.24) is 20.3 Å². The smallest absolute Gasteiger partial charge is 0.277 e. The van der Waals surface area contributed by atoms with Crippen LogP contribution >= 0.6 is 11.8 Å². The van der Waals surface area contributed by atoms with Crippen molar-refractivity contribution >= 4 is 11.8 Å². The Morgan fingerprint density at radius 1 is 0.966 bits per heavy atom. The van der Waals surface area contributed by atoms with Gasteiger partial charge in [0.2, 0.25) is 17.6 Å². The minimum absolute atomic E-state index is 0.442. The summed E-state index contributed by atoms with van der Waals surface area (Å²) >= 11 is 1.35. The first-order valence-corrected chi connectivity index (χ1v) is 10.1. The molecular weight excluding hydrogens is 388 g/mol. The molecule has 4 aromatic rings. The Hall–Kier alpha value is -3.13. The lowest BCUT2D eigenvalue weighted by Gasteiger charge is -2.04. The molecule has 7 nitrogen and oxygen atoms in total. The zero-order valence-corrected chi connectivity index (χ0v) is 17.1. The van der Waals surface area contributed by atoms with Crippen LogP contribution < -0.4 is 4.74 Å². The van der Waals surface area contributed by atoms with E-state index in [4.69, 9.17) is 13.7 Å². The summed E-state index contributed by atoms with van der Waals surface area (Å²) in [5.41, 5.74) is 3.03. The molecule has 2 aromatic carbocycles. The number of benzene rings is 2. The van der Waals surface area contributed by atoms with Crippen LogP contribution in [0.2, 0.25) is 0 Å². The summed E-state index contributed by atoms with van der Waals surface area (Å²) in [6.45, 7) is 4.33. The van der Waals surface area contributed by atoms with Gasteiger partial charge in [0.05, 0.1) is 12.9 Å². The Kier molecular flexibility index (Phi) is 5.62. The second-order valence-corrected chi connectivity index (χ2v) is 7.61. The van der Waals surface area contributed by atoms with Crippen molar-refractivity contribution in [2.45, 2.75) is 30.7 Å². The van der Waals surface area contributed by atoms with Crippen LogP contribution in [-0.4, -0.2) is 27.4 Å². The Morgan fingerprint density at radius 2 is 1.69 bits per heavy atom. The van der Waals surface area contributed by atoms with Crippen LogP contribution in [0.15, 0.2) is 62.7 Å². The largest absolute Gasteiger partial charge is 0.497 e. The van der Waals surface area contributed by atoms with Crippen LogP contribution in [0.3, 0.4) is 0 Å². The summed E-state index contributed by atoms with van der Waals surface area (Å²) in [4.78, 5) is 4.45. The van der Waals surface area contributed by atoms with Crippen LogP contribution in [0, 0.1) is 0 Å². The van der Waals surface area contributed by atoms with E-state index in [0.717, 1.165) is 16.9 Å². The molecule has 0 saturated heterocycles. The second-order valence-electron chi connectivity index (χ2n) is 6.68. The SMILES string of the molecule is COc1ccc(-c2nnc(SCc3nc(-c4ccc(C(C)C)cc4)no3)o2)cc1. The molecule has 148 valence electrons. The predicted octanol–water partition coefficient (Wildman–Crippen LogP) is 5.21. The molecule has 0 saturated carbocycles. The highest BCUT2D eigenvalue weighted by molar-refractivity contribution is 7.98. The van der Waals surface area contributed by atoms with Crippen LogP contribution in [-0.2, 0) is 5.75 Å². The third-order valence-corrected chi connectivity index (χ3v) is 5.17. The van der Waals surface area contributed by atoms with E-state index in [1.54, 1.807) is 7.11 Å². The van der Waals surface area contributed by atoms with Gasteiger partial charge in [-0.1, -0.05) is 55.0 Å². The summed E-state index contributed by atoms with van der Waals surface area (Å²) in [6, 6.07) is 15.6. The van der Waals surface area contributed by atoms with Crippen molar-refractivity contribution in [3.05, 3.63) is 60.0 Å². The molecule has 0 amide bonds. The van der Waals surface area contributed by atoms with Gasteiger partial charge in [0.25, 0.3) is 5.22 Å². The van der Waals surface area contributed by atoms with Crippen molar-refractivity contribution in [1.29, 1.82) is 0 Å². The molecule has 0 aliphatic rings. The van der Waals surface area contributed by atoms with Crippen molar-refractivity contribution in [2.75, 3.05) is 7.11 Å². The molecule has 0 aliphatic carbocycles. The maximum Gasteiger partial charge on any atom is 0.277 e. The molecular formula is C21H20N4O3S. The summed E-state index contributed by atoms with van der Waals surface area (Å²) < 4.78 is 16.2. The van der Waals surface area contributed by atoms with E-state index < -0.39 is 0 Å². The van der Waals surface area contributed by atoms with Crippen LogP contribution in [0.1, 0.15) is 31.2 Å². The molecule has 0 fully saturated rings. The Morgan fingerprint density at radius 3 is 2.38 bits per heavy atom. The predicted molar refractivity (Wildman–Crippen MR) is 110 cm³/mol. The van der Waals surface area contributed by atoms with E-state index >= 15 is 0 Å². The van der Waals surface area contributed by atoms with E-state index in [1.165, 1.54) is 17.3 Å². The van der Waals surface area contributed by atoms with Gasteiger partial charge in [0.15, 0.2) is 0 Å². The molecule has 29 heavy (non-hydrogen) atoms. The summed E-state index contributed by atoms with van der Waals surface area (Å²) in [7, 11) is 1.63. The molecule has 2 heterocycles. The van der Waals surface area contributed by atoms with E-state index in [0.29, 0.717) is 34.5 Å². The molecule has 0 unspecified atom stereocenters. The molecule has 0 atom stereocenters. The standard InChI is InChI=1S/C21H20N4O3S/c1-13(2)14-4-6-15(7-5-14)19-22-18(28-25-19)12-29-21-24-23-20(27-21)16-8-10-17(26-3)11-9-16/h4-11,13H,12H2,1-3H3. The monoisotopic (exact) mass is 408 g/mol. The molecule has 0 aliphatic heterocycles. The van der Waals surface area contributed by atoms with Gasteiger partial charge in [-0.25, -0.2) is 0 Å². The van der Waals surface area contributed by atoms with Gasteiger partial charge in [-0.3, -0.25) is 0 Å². The molecule has 2 aromatic heterocycles. The van der Waals surface area contributed by atoms with Gasteiger partial charge in [-0.05, 0) is 35.7 Å². The third-order valence-electron chi connectivity index (χ3n) is 4.37. The van der Waals surface area contributed by atoms with E-state index in [9.17, 15) is 0 Å². The van der Waals surface area contributed by atoms with E-state index in [1.807, 2.05) is 36.4 Å². The van der Waals surface area contributed by atoms with Crippen molar-refractivity contribution in [3.8, 4) is 28.6 Å². The number of nitrogens with zero attached hydrogens (tertiary/aromatic N) is 4. The summed E-state index contributed by atoms with van der Waals surface area (Å²) in [5.74, 6) is 3.22. The number of ether oxygens (including phenoxy) is 1. The number of hydrogen-bond acceptors (Lipinski definition) is 8. The molecule has 8 heteroatoms. The van der Waals surface area contributed by atoms with Crippen molar-refractivity contribution in [2.24, 2.45) is 0 Å². The molecule has 4 rings (SSSR count). The number of methoxy groups -OCH3 is 1. The fourth-order valence-corrected chi connectivity index (χ4v) is 3.29. The highest BCUT2D eigenvalue weighted by Crippen LogP contribution is 2.27. The Labute approximate surface area is 172 Å². The Balaban J connectivity index is 1.39. The fourth-order valence-electron chi connectivity index (χ4n) is 2.69. The Bertz CT molecular complexity index is 1070. The van der Waals surface area contributed by atoms with E-state index in [-0.39, 0.29) is 0 Å². The lowest BCUT2D eigenvalue weighted by molar-refractivity contribution is 0.391. The molecule has 0 bridgehead atoms.